The molecule has 0 amide bonds. The van der Waals surface area contributed by atoms with Gasteiger partial charge in [0.15, 0.2) is 0 Å². The molecule has 2 spiro atoms. The SMILES string of the molecule is CC1(C)c2ccccc2-c2ccc(N(c3cccc(-c4ccc5oc6ccccc6c5c4)c3)c3cccc4c3-c3ccccc3C43c4ccccc4N(c4ccccc4)c4ccccc43)cc21.CC1(C)c2ccccc2-c2ccc(N(c3cccc(-c4ccc5sc6ccccc6c5c4)c3)c3cccc4c3-c3ccccc3C43c4ccccc4N(c4ccccc4)c4ccccc43)cc21. The first-order valence-electron chi connectivity index (χ1n) is 46.7. The lowest BCUT2D eigenvalue weighted by atomic mass is 9.64. The van der Waals surface area contributed by atoms with Gasteiger partial charge in [-0.25, -0.2) is 0 Å². The van der Waals surface area contributed by atoms with Crippen LogP contribution in [0.3, 0.4) is 0 Å². The highest BCUT2D eigenvalue weighted by Gasteiger charge is 2.55. The van der Waals surface area contributed by atoms with E-state index in [4.69, 9.17) is 4.42 Å². The summed E-state index contributed by atoms with van der Waals surface area (Å²) in [4.78, 5) is 9.98. The number of hydrogen-bond donors (Lipinski definition) is 0. The highest BCUT2D eigenvalue weighted by molar-refractivity contribution is 7.25. The maximum absolute atomic E-state index is 6.28. The van der Waals surface area contributed by atoms with Crippen LogP contribution in [0.2, 0.25) is 0 Å². The van der Waals surface area contributed by atoms with Crippen LogP contribution in [0.25, 0.3) is 109 Å². The minimum Gasteiger partial charge on any atom is -0.456 e. The van der Waals surface area contributed by atoms with Gasteiger partial charge in [-0.15, -0.1) is 11.3 Å². The van der Waals surface area contributed by atoms with E-state index >= 15 is 0 Å². The second-order valence-electron chi connectivity index (χ2n) is 37.6. The Bertz CT molecular complexity index is 8050. The lowest BCUT2D eigenvalue weighted by molar-refractivity contribution is 0.660. The lowest BCUT2D eigenvalue weighted by Gasteiger charge is -2.45. The number of fused-ring (bicyclic) bond motifs is 30. The monoisotopic (exact) mass is 1730 g/mol. The molecule has 6 aliphatic rings. The number of furan rings is 1. The second kappa shape index (κ2) is 29.6. The first-order valence-corrected chi connectivity index (χ1v) is 47.5. The Morgan fingerprint density at radius 2 is 0.560 bits per heavy atom. The van der Waals surface area contributed by atoms with E-state index in [0.29, 0.717) is 0 Å². The Morgan fingerprint density at radius 1 is 0.216 bits per heavy atom. The van der Waals surface area contributed by atoms with Gasteiger partial charge in [0.2, 0.25) is 0 Å². The van der Waals surface area contributed by atoms with Crippen molar-refractivity contribution < 1.29 is 4.42 Å². The molecule has 22 aromatic rings. The summed E-state index contributed by atoms with van der Waals surface area (Å²) in [5, 5.41) is 4.87. The van der Waals surface area contributed by atoms with Crippen LogP contribution in [-0.4, -0.2) is 0 Å². The smallest absolute Gasteiger partial charge is 0.135 e. The highest BCUT2D eigenvalue weighted by atomic mass is 32.1. The van der Waals surface area contributed by atoms with Crippen molar-refractivity contribution in [2.75, 3.05) is 19.6 Å². The fourth-order valence-electron chi connectivity index (χ4n) is 24.3. The first kappa shape index (κ1) is 77.6. The van der Waals surface area contributed by atoms with Crippen LogP contribution < -0.4 is 19.6 Å². The second-order valence-corrected chi connectivity index (χ2v) is 38.7. The molecular formula is C128H88N4OS. The fourth-order valence-corrected chi connectivity index (χ4v) is 25.4. The molecule has 6 heteroatoms. The zero-order valence-electron chi connectivity index (χ0n) is 74.5. The van der Waals surface area contributed by atoms with Gasteiger partial charge in [-0.1, -0.05) is 343 Å². The molecule has 632 valence electrons. The van der Waals surface area contributed by atoms with Gasteiger partial charge >= 0.3 is 0 Å². The molecular weight excluding hydrogens is 1640 g/mol. The van der Waals surface area contributed by atoms with Crippen molar-refractivity contribution in [3.63, 3.8) is 0 Å². The van der Waals surface area contributed by atoms with Crippen molar-refractivity contribution in [3.8, 4) is 66.8 Å². The Kier molecular flexibility index (Phi) is 17.1. The lowest BCUT2D eigenvalue weighted by Crippen LogP contribution is -2.36. The maximum Gasteiger partial charge on any atom is 0.135 e. The zero-order chi connectivity index (χ0) is 88.9. The molecule has 0 radical (unpaired) electrons. The third kappa shape index (κ3) is 11.1. The van der Waals surface area contributed by atoms with E-state index in [2.05, 4.69) is 496 Å². The average Bonchev–Trinajstić information content (AvgIpc) is 1.50. The van der Waals surface area contributed by atoms with Gasteiger partial charge in [0.05, 0.1) is 45.0 Å². The summed E-state index contributed by atoms with van der Waals surface area (Å²) in [6.07, 6.45) is 0. The van der Waals surface area contributed by atoms with E-state index in [-0.39, 0.29) is 10.8 Å². The van der Waals surface area contributed by atoms with Gasteiger partial charge in [-0.05, 0) is 268 Å². The molecule has 28 rings (SSSR count). The third-order valence-electron chi connectivity index (χ3n) is 30.1. The quantitative estimate of drug-likeness (QED) is 0.136. The van der Waals surface area contributed by atoms with Crippen LogP contribution >= 0.6 is 11.3 Å². The minimum absolute atomic E-state index is 0.163. The number of benzene rings is 20. The van der Waals surface area contributed by atoms with Crippen LogP contribution in [0.5, 0.6) is 0 Å². The van der Waals surface area contributed by atoms with Crippen LogP contribution in [0.4, 0.5) is 68.2 Å². The third-order valence-corrected chi connectivity index (χ3v) is 31.2. The first-order chi connectivity index (χ1) is 66.0. The summed E-state index contributed by atoms with van der Waals surface area (Å²) in [7, 11) is 0. The van der Waals surface area contributed by atoms with E-state index in [1.165, 1.54) is 165 Å². The summed E-state index contributed by atoms with van der Waals surface area (Å²) >= 11 is 1.87. The molecule has 0 fully saturated rings. The van der Waals surface area contributed by atoms with Crippen LogP contribution in [0.1, 0.15) is 94.5 Å². The van der Waals surface area contributed by atoms with Crippen molar-refractivity contribution in [3.05, 3.63) is 528 Å². The van der Waals surface area contributed by atoms with Crippen molar-refractivity contribution in [1.29, 1.82) is 0 Å². The van der Waals surface area contributed by atoms with E-state index in [0.717, 1.165) is 78.6 Å². The summed E-state index contributed by atoms with van der Waals surface area (Å²) in [6.45, 7) is 9.51. The summed E-state index contributed by atoms with van der Waals surface area (Å²) in [5.41, 5.74) is 44.8. The van der Waals surface area contributed by atoms with Crippen molar-refractivity contribution in [2.45, 2.75) is 49.4 Å². The van der Waals surface area contributed by atoms with E-state index < -0.39 is 10.8 Å². The fraction of sp³-hybridized carbons (Fsp3) is 0.0625. The van der Waals surface area contributed by atoms with Gasteiger partial charge in [-0.2, -0.15) is 0 Å². The Balaban J connectivity index is 0.000000136. The molecule has 2 aromatic heterocycles. The Hall–Kier alpha value is -16.4. The molecule has 0 saturated heterocycles. The molecule has 134 heavy (non-hydrogen) atoms. The Labute approximate surface area is 783 Å². The topological polar surface area (TPSA) is 26.1 Å². The molecule has 0 atom stereocenters. The number of para-hydroxylation sites is 7. The molecule has 0 unspecified atom stereocenters. The molecule has 0 saturated carbocycles. The van der Waals surface area contributed by atoms with Crippen LogP contribution in [-0.2, 0) is 21.7 Å². The van der Waals surface area contributed by atoms with Crippen LogP contribution in [0, 0.1) is 0 Å². The van der Waals surface area contributed by atoms with Crippen LogP contribution in [0.15, 0.2) is 465 Å². The number of nitrogens with zero attached hydrogens (tertiary/aromatic N) is 4. The van der Waals surface area contributed by atoms with E-state index in [1.54, 1.807) is 0 Å². The molecule has 20 aromatic carbocycles. The maximum atomic E-state index is 6.28. The Morgan fingerprint density at radius 3 is 1.04 bits per heavy atom. The summed E-state index contributed by atoms with van der Waals surface area (Å²) < 4.78 is 8.91. The van der Waals surface area contributed by atoms with Gasteiger partial charge in [0, 0.05) is 87.0 Å². The predicted octanol–water partition coefficient (Wildman–Crippen LogP) is 34.8. The highest BCUT2D eigenvalue weighted by Crippen LogP contribution is 2.69. The molecule has 2 aliphatic heterocycles. The summed E-state index contributed by atoms with van der Waals surface area (Å²) in [5.74, 6) is 0. The normalized spacial score (nSPS) is 14.3. The standard InChI is InChI=1S/C64H44N2O.C64H44N2S/c2*1-63(2)51-25-9-6-22-46(51)47-36-35-45(40-56(47)63)65(44-21-16-18-41(38-44)42-34-37-61-50(39-42)48-23-8-15-33-60(48)67-61)59-32-17-29-55-62(59)49-24-7-10-26-52(49)64(55)53-27-11-13-30-57(53)66(43-19-4-3-5-20-43)58-31-14-12-28-54(58)64/h2*3-40H,1-2H3. The molecule has 0 bridgehead atoms. The van der Waals surface area contributed by atoms with Crippen molar-refractivity contribution >= 4 is 122 Å². The summed E-state index contributed by atoms with van der Waals surface area (Å²) in [6, 6.07) is 172. The zero-order valence-corrected chi connectivity index (χ0v) is 75.3. The molecule has 4 heterocycles. The minimum atomic E-state index is -0.585. The van der Waals surface area contributed by atoms with E-state index in [1.807, 2.05) is 23.5 Å². The predicted molar refractivity (Wildman–Crippen MR) is 560 cm³/mol. The van der Waals surface area contributed by atoms with Crippen molar-refractivity contribution in [2.24, 2.45) is 0 Å². The van der Waals surface area contributed by atoms with Gasteiger partial charge in [-0.3, -0.25) is 0 Å². The average molecular weight is 1730 g/mol. The molecule has 0 N–H and O–H groups in total. The van der Waals surface area contributed by atoms with E-state index in [9.17, 15) is 0 Å². The van der Waals surface area contributed by atoms with Gasteiger partial charge in [0.25, 0.3) is 0 Å². The largest absolute Gasteiger partial charge is 0.456 e. The molecule has 5 nitrogen and oxygen atoms in total. The number of thiophene rings is 1. The van der Waals surface area contributed by atoms with Gasteiger partial charge in [0.1, 0.15) is 11.2 Å². The van der Waals surface area contributed by atoms with Gasteiger partial charge < -0.3 is 24.0 Å². The number of anilines is 12. The number of rotatable bonds is 10. The van der Waals surface area contributed by atoms with Crippen molar-refractivity contribution in [1.82, 2.24) is 0 Å². The number of hydrogen-bond acceptors (Lipinski definition) is 6. The molecule has 4 aliphatic carbocycles.